The van der Waals surface area contributed by atoms with Crippen LogP contribution in [0.2, 0.25) is 0 Å². The molecule has 0 unspecified atom stereocenters. The molecule has 0 atom stereocenters. The summed E-state index contributed by atoms with van der Waals surface area (Å²) in [7, 11) is 0. The van der Waals surface area contributed by atoms with Gasteiger partial charge >= 0.3 is 0 Å². The van der Waals surface area contributed by atoms with Gasteiger partial charge in [-0.15, -0.1) is 0 Å². The molecule has 0 saturated heterocycles. The minimum Gasteiger partial charge on any atom is -0.398 e. The van der Waals surface area contributed by atoms with Gasteiger partial charge in [-0.3, -0.25) is 0 Å². The van der Waals surface area contributed by atoms with Gasteiger partial charge in [-0.2, -0.15) is 10.5 Å². The van der Waals surface area contributed by atoms with Gasteiger partial charge in [0, 0.05) is 18.5 Å². The Morgan fingerprint density at radius 3 is 2.40 bits per heavy atom. The van der Waals surface area contributed by atoms with E-state index in [9.17, 15) is 0 Å². The van der Waals surface area contributed by atoms with E-state index in [0.29, 0.717) is 25.7 Å². The van der Waals surface area contributed by atoms with Crippen LogP contribution in [0, 0.1) is 22.7 Å². The number of nitrogens with zero attached hydrogens (tertiary/aromatic N) is 2. The molecule has 0 spiro atoms. The Hall–Kier alpha value is -2.00. The first-order valence-corrected chi connectivity index (χ1v) is 4.89. The Labute approximate surface area is 89.7 Å². The molecular formula is C12H13N3. The average molecular weight is 199 g/mol. The van der Waals surface area contributed by atoms with E-state index in [1.807, 2.05) is 18.2 Å². The van der Waals surface area contributed by atoms with E-state index in [4.69, 9.17) is 16.3 Å². The minimum atomic E-state index is 0.466. The van der Waals surface area contributed by atoms with Crippen molar-refractivity contribution < 1.29 is 0 Å². The third-order valence-corrected chi connectivity index (χ3v) is 2.30. The molecule has 1 aromatic rings. The van der Waals surface area contributed by atoms with Crippen LogP contribution in [0.3, 0.4) is 0 Å². The van der Waals surface area contributed by atoms with E-state index in [1.165, 1.54) is 0 Å². The molecule has 2 N–H and O–H groups in total. The van der Waals surface area contributed by atoms with Crippen LogP contribution in [0.15, 0.2) is 18.2 Å². The van der Waals surface area contributed by atoms with Crippen LogP contribution in [0.1, 0.15) is 24.0 Å². The standard InChI is InChI=1S/C12H13N3/c13-8-2-5-10-4-1-7-12(15)11(10)6-3-9-14/h1,4,7H,2-3,5-6,15H2. The Bertz CT molecular complexity index is 410. The SMILES string of the molecule is N#CCCc1cccc(N)c1CCC#N. The molecule has 0 radical (unpaired) electrons. The largest absolute Gasteiger partial charge is 0.398 e. The molecule has 3 heteroatoms. The summed E-state index contributed by atoms with van der Waals surface area (Å²) in [6.07, 6.45) is 2.34. The number of nitrogen functional groups attached to an aromatic ring is 1. The average Bonchev–Trinajstić information content (AvgIpc) is 2.25. The van der Waals surface area contributed by atoms with Crippen LogP contribution in [-0.2, 0) is 12.8 Å². The molecule has 0 aliphatic heterocycles. The van der Waals surface area contributed by atoms with Crippen molar-refractivity contribution in [3.8, 4) is 12.1 Å². The topological polar surface area (TPSA) is 73.6 Å². The van der Waals surface area contributed by atoms with Gasteiger partial charge in [0.25, 0.3) is 0 Å². The van der Waals surface area contributed by atoms with Gasteiger partial charge in [0.2, 0.25) is 0 Å². The summed E-state index contributed by atoms with van der Waals surface area (Å²) in [5.41, 5.74) is 8.68. The molecule has 1 rings (SSSR count). The fourth-order valence-electron chi connectivity index (χ4n) is 1.57. The summed E-state index contributed by atoms with van der Waals surface area (Å²) in [5, 5.41) is 17.1. The zero-order valence-electron chi connectivity index (χ0n) is 8.53. The van der Waals surface area contributed by atoms with E-state index in [2.05, 4.69) is 12.1 Å². The molecule has 0 amide bonds. The second kappa shape index (κ2) is 5.67. The van der Waals surface area contributed by atoms with Gasteiger partial charge in [-0.25, -0.2) is 0 Å². The molecule has 0 aliphatic carbocycles. The van der Waals surface area contributed by atoms with Crippen LogP contribution < -0.4 is 5.73 Å². The van der Waals surface area contributed by atoms with Crippen molar-refractivity contribution in [2.24, 2.45) is 0 Å². The maximum Gasteiger partial charge on any atom is 0.0625 e. The number of nitrogens with two attached hydrogens (primary N) is 1. The number of aryl methyl sites for hydroxylation is 1. The molecule has 0 fully saturated rings. The Morgan fingerprint density at radius 1 is 1.07 bits per heavy atom. The molecule has 0 heterocycles. The number of nitriles is 2. The number of hydrogen-bond acceptors (Lipinski definition) is 3. The van der Waals surface area contributed by atoms with Crippen molar-refractivity contribution in [1.82, 2.24) is 0 Å². The van der Waals surface area contributed by atoms with Gasteiger partial charge in [-0.05, 0) is 30.0 Å². The lowest BCUT2D eigenvalue weighted by molar-refractivity contribution is 0.938. The molecule has 15 heavy (non-hydrogen) atoms. The quantitative estimate of drug-likeness (QED) is 0.755. The normalized spacial score (nSPS) is 9.20. The third-order valence-electron chi connectivity index (χ3n) is 2.30. The zero-order valence-corrected chi connectivity index (χ0v) is 8.53. The fourth-order valence-corrected chi connectivity index (χ4v) is 1.57. The maximum atomic E-state index is 8.54. The Morgan fingerprint density at radius 2 is 1.73 bits per heavy atom. The van der Waals surface area contributed by atoms with E-state index >= 15 is 0 Å². The van der Waals surface area contributed by atoms with Crippen LogP contribution in [-0.4, -0.2) is 0 Å². The lowest BCUT2D eigenvalue weighted by Gasteiger charge is -2.09. The minimum absolute atomic E-state index is 0.466. The molecular weight excluding hydrogens is 186 g/mol. The molecule has 1 aromatic carbocycles. The first-order valence-electron chi connectivity index (χ1n) is 4.89. The van der Waals surface area contributed by atoms with Crippen molar-refractivity contribution in [2.45, 2.75) is 25.7 Å². The fraction of sp³-hybridized carbons (Fsp3) is 0.333. The van der Waals surface area contributed by atoms with Gasteiger partial charge in [0.1, 0.15) is 0 Å². The summed E-state index contributed by atoms with van der Waals surface area (Å²) < 4.78 is 0. The summed E-state index contributed by atoms with van der Waals surface area (Å²) in [4.78, 5) is 0. The third kappa shape index (κ3) is 3.00. The lowest BCUT2D eigenvalue weighted by Crippen LogP contribution is -2.00. The van der Waals surface area contributed by atoms with E-state index in [-0.39, 0.29) is 0 Å². The van der Waals surface area contributed by atoms with Gasteiger partial charge in [0.05, 0.1) is 12.1 Å². The highest BCUT2D eigenvalue weighted by Crippen LogP contribution is 2.20. The predicted molar refractivity (Wildman–Crippen MR) is 58.7 cm³/mol. The number of rotatable bonds is 4. The molecule has 0 aliphatic rings. The predicted octanol–water partition coefficient (Wildman–Crippen LogP) is 2.18. The first kappa shape index (κ1) is 11.1. The lowest BCUT2D eigenvalue weighted by atomic mass is 9.98. The smallest absolute Gasteiger partial charge is 0.0625 e. The van der Waals surface area contributed by atoms with E-state index in [1.54, 1.807) is 0 Å². The molecule has 3 nitrogen and oxygen atoms in total. The summed E-state index contributed by atoms with van der Waals surface area (Å²) in [6.45, 7) is 0. The van der Waals surface area contributed by atoms with Crippen LogP contribution >= 0.6 is 0 Å². The summed E-state index contributed by atoms with van der Waals surface area (Å²) in [5.74, 6) is 0. The van der Waals surface area contributed by atoms with Gasteiger partial charge in [-0.1, -0.05) is 12.1 Å². The molecule has 0 saturated carbocycles. The monoisotopic (exact) mass is 199 g/mol. The molecule has 76 valence electrons. The number of hydrogen-bond donors (Lipinski definition) is 1. The highest BCUT2D eigenvalue weighted by atomic mass is 14.6. The van der Waals surface area contributed by atoms with Crippen LogP contribution in [0.4, 0.5) is 5.69 Å². The second-order valence-corrected chi connectivity index (χ2v) is 3.30. The van der Waals surface area contributed by atoms with E-state index < -0.39 is 0 Å². The maximum absolute atomic E-state index is 8.54. The van der Waals surface area contributed by atoms with Crippen molar-refractivity contribution in [1.29, 1.82) is 10.5 Å². The van der Waals surface area contributed by atoms with Crippen molar-refractivity contribution in [3.63, 3.8) is 0 Å². The first-order chi connectivity index (χ1) is 7.29. The van der Waals surface area contributed by atoms with Gasteiger partial charge in [0.15, 0.2) is 0 Å². The van der Waals surface area contributed by atoms with Crippen molar-refractivity contribution >= 4 is 5.69 Å². The Balaban J connectivity index is 2.89. The Kier molecular flexibility index (Phi) is 4.19. The zero-order chi connectivity index (χ0) is 11.1. The number of anilines is 1. The number of benzene rings is 1. The van der Waals surface area contributed by atoms with Crippen molar-refractivity contribution in [3.05, 3.63) is 29.3 Å². The molecule has 0 bridgehead atoms. The van der Waals surface area contributed by atoms with Crippen molar-refractivity contribution in [2.75, 3.05) is 5.73 Å². The van der Waals surface area contributed by atoms with E-state index in [0.717, 1.165) is 16.8 Å². The van der Waals surface area contributed by atoms with Gasteiger partial charge < -0.3 is 5.73 Å². The van der Waals surface area contributed by atoms with Crippen LogP contribution in [0.5, 0.6) is 0 Å². The highest BCUT2D eigenvalue weighted by Gasteiger charge is 2.05. The molecule has 0 aromatic heterocycles. The van der Waals surface area contributed by atoms with Crippen LogP contribution in [0.25, 0.3) is 0 Å². The summed E-state index contributed by atoms with van der Waals surface area (Å²) in [6, 6.07) is 9.91. The highest BCUT2D eigenvalue weighted by molar-refractivity contribution is 5.51. The summed E-state index contributed by atoms with van der Waals surface area (Å²) >= 11 is 0. The second-order valence-electron chi connectivity index (χ2n) is 3.30.